The summed E-state index contributed by atoms with van der Waals surface area (Å²) >= 11 is 5.66. The van der Waals surface area contributed by atoms with E-state index in [1.54, 1.807) is 13.3 Å². The SMILES string of the molecule is COP(=S)(c1ccccc1)c1ccccn1. The normalized spacial score (nSPS) is 14.3. The quantitative estimate of drug-likeness (QED) is 0.777. The maximum atomic E-state index is 5.66. The fourth-order valence-corrected chi connectivity index (χ4v) is 3.90. The van der Waals surface area contributed by atoms with Crippen LogP contribution in [0.2, 0.25) is 0 Å². The lowest BCUT2D eigenvalue weighted by Gasteiger charge is -2.19. The molecule has 0 aliphatic rings. The van der Waals surface area contributed by atoms with Gasteiger partial charge in [0.05, 0.1) is 0 Å². The van der Waals surface area contributed by atoms with E-state index in [4.69, 9.17) is 16.3 Å². The van der Waals surface area contributed by atoms with E-state index >= 15 is 0 Å². The fraction of sp³-hybridized carbons (Fsp3) is 0.0833. The second-order valence-corrected chi connectivity index (χ2v) is 7.24. The number of pyridine rings is 1. The van der Waals surface area contributed by atoms with Crippen LogP contribution < -0.4 is 10.7 Å². The standard InChI is InChI=1S/C12H12NOPS/c1-14-15(16,11-7-3-2-4-8-11)12-9-5-6-10-13-12/h2-10H,1H3. The zero-order chi connectivity index (χ0) is 11.4. The number of rotatable bonds is 3. The molecule has 0 aliphatic heterocycles. The van der Waals surface area contributed by atoms with Crippen LogP contribution in [0.3, 0.4) is 0 Å². The van der Waals surface area contributed by atoms with Gasteiger partial charge in [0.1, 0.15) is 11.7 Å². The Hall–Kier alpha value is -1.02. The second-order valence-electron chi connectivity index (χ2n) is 3.26. The zero-order valence-corrected chi connectivity index (χ0v) is 10.6. The summed E-state index contributed by atoms with van der Waals surface area (Å²) in [6.07, 6.45) is -0.434. The monoisotopic (exact) mass is 249 g/mol. The number of hydrogen-bond donors (Lipinski definition) is 0. The highest BCUT2D eigenvalue weighted by Gasteiger charge is 2.22. The van der Waals surface area contributed by atoms with Crippen molar-refractivity contribution in [2.45, 2.75) is 0 Å². The Morgan fingerprint density at radius 2 is 1.75 bits per heavy atom. The van der Waals surface area contributed by atoms with Crippen LogP contribution in [-0.2, 0) is 16.3 Å². The minimum Gasteiger partial charge on any atom is -0.345 e. The van der Waals surface area contributed by atoms with Crippen LogP contribution in [0.5, 0.6) is 0 Å². The van der Waals surface area contributed by atoms with Crippen LogP contribution >= 0.6 is 6.26 Å². The van der Waals surface area contributed by atoms with Crippen molar-refractivity contribution in [2.24, 2.45) is 0 Å². The molecule has 1 aromatic heterocycles. The van der Waals surface area contributed by atoms with E-state index in [1.807, 2.05) is 48.5 Å². The maximum absolute atomic E-state index is 5.66. The molecule has 0 spiro atoms. The van der Waals surface area contributed by atoms with Gasteiger partial charge in [0, 0.05) is 18.6 Å². The third-order valence-corrected chi connectivity index (χ3v) is 6.30. The van der Waals surface area contributed by atoms with Crippen LogP contribution in [0.1, 0.15) is 0 Å². The van der Waals surface area contributed by atoms with Crippen molar-refractivity contribution in [1.82, 2.24) is 4.98 Å². The highest BCUT2D eigenvalue weighted by Crippen LogP contribution is 2.42. The van der Waals surface area contributed by atoms with Crippen LogP contribution in [0.4, 0.5) is 0 Å². The van der Waals surface area contributed by atoms with E-state index in [2.05, 4.69) is 4.98 Å². The predicted octanol–water partition coefficient (Wildman–Crippen LogP) is 2.07. The predicted molar refractivity (Wildman–Crippen MR) is 71.2 cm³/mol. The van der Waals surface area contributed by atoms with E-state index < -0.39 is 6.26 Å². The summed E-state index contributed by atoms with van der Waals surface area (Å²) in [6, 6.07) is 15.7. The van der Waals surface area contributed by atoms with Crippen molar-refractivity contribution in [3.8, 4) is 0 Å². The molecule has 2 aromatic rings. The smallest absolute Gasteiger partial charge is 0.140 e. The first-order valence-electron chi connectivity index (χ1n) is 4.90. The molecule has 1 atom stereocenters. The van der Waals surface area contributed by atoms with Gasteiger partial charge in [-0.15, -0.1) is 0 Å². The van der Waals surface area contributed by atoms with E-state index in [0.29, 0.717) is 0 Å². The average Bonchev–Trinajstić information content (AvgIpc) is 2.40. The molecular weight excluding hydrogens is 237 g/mol. The van der Waals surface area contributed by atoms with E-state index in [1.165, 1.54) is 0 Å². The first kappa shape index (κ1) is 11.5. The molecule has 1 unspecified atom stereocenters. The first-order valence-corrected chi connectivity index (χ1v) is 7.62. The molecule has 0 saturated carbocycles. The molecule has 0 radical (unpaired) electrons. The molecule has 16 heavy (non-hydrogen) atoms. The summed E-state index contributed by atoms with van der Waals surface area (Å²) < 4.78 is 5.57. The first-order chi connectivity index (χ1) is 7.77. The summed E-state index contributed by atoms with van der Waals surface area (Å²) in [5.41, 5.74) is 0.846. The van der Waals surface area contributed by atoms with Gasteiger partial charge in [0.25, 0.3) is 0 Å². The minimum atomic E-state index is -2.18. The second kappa shape index (κ2) is 4.88. The van der Waals surface area contributed by atoms with Gasteiger partial charge in [-0.2, -0.15) is 0 Å². The Bertz CT molecular complexity index is 457. The molecule has 1 aromatic carbocycles. The van der Waals surface area contributed by atoms with Gasteiger partial charge in [-0.3, -0.25) is 4.98 Å². The van der Waals surface area contributed by atoms with Gasteiger partial charge < -0.3 is 4.52 Å². The van der Waals surface area contributed by atoms with Crippen LogP contribution in [0.25, 0.3) is 0 Å². The third kappa shape index (κ3) is 2.07. The lowest BCUT2D eigenvalue weighted by molar-refractivity contribution is 0.471. The molecule has 0 bridgehead atoms. The van der Waals surface area contributed by atoms with E-state index in [-0.39, 0.29) is 0 Å². The van der Waals surface area contributed by atoms with Crippen molar-refractivity contribution in [3.05, 3.63) is 54.7 Å². The molecule has 0 saturated heterocycles. The fourth-order valence-electron chi connectivity index (χ4n) is 1.48. The van der Waals surface area contributed by atoms with Crippen LogP contribution in [0.15, 0.2) is 54.7 Å². The Morgan fingerprint density at radius 1 is 1.06 bits per heavy atom. The largest absolute Gasteiger partial charge is 0.345 e. The minimum absolute atomic E-state index is 0.846. The lowest BCUT2D eigenvalue weighted by atomic mass is 10.4. The summed E-state index contributed by atoms with van der Waals surface area (Å²) in [5, 5.41) is 1.03. The lowest BCUT2D eigenvalue weighted by Crippen LogP contribution is -2.19. The summed E-state index contributed by atoms with van der Waals surface area (Å²) in [7, 11) is 1.66. The maximum Gasteiger partial charge on any atom is 0.140 e. The molecule has 0 amide bonds. The van der Waals surface area contributed by atoms with Crippen molar-refractivity contribution in [1.29, 1.82) is 0 Å². The topological polar surface area (TPSA) is 22.1 Å². The van der Waals surface area contributed by atoms with E-state index in [0.717, 1.165) is 10.7 Å². The summed E-state index contributed by atoms with van der Waals surface area (Å²) in [6.45, 7) is 0. The third-order valence-electron chi connectivity index (χ3n) is 2.30. The van der Waals surface area contributed by atoms with Crippen molar-refractivity contribution in [2.75, 3.05) is 7.11 Å². The summed E-state index contributed by atoms with van der Waals surface area (Å²) in [4.78, 5) is 4.32. The Kier molecular flexibility index (Phi) is 3.49. The molecule has 4 heteroatoms. The number of benzene rings is 1. The van der Waals surface area contributed by atoms with Crippen LogP contribution in [-0.4, -0.2) is 12.1 Å². The Balaban J connectivity index is 2.54. The van der Waals surface area contributed by atoms with Crippen LogP contribution in [0, 0.1) is 0 Å². The van der Waals surface area contributed by atoms with Gasteiger partial charge in [0.2, 0.25) is 0 Å². The number of aromatic nitrogens is 1. The molecule has 0 aliphatic carbocycles. The average molecular weight is 249 g/mol. The number of hydrogen-bond acceptors (Lipinski definition) is 3. The molecule has 1 heterocycles. The van der Waals surface area contributed by atoms with Crippen molar-refractivity contribution < 1.29 is 4.52 Å². The Morgan fingerprint density at radius 3 is 2.31 bits per heavy atom. The molecule has 2 nitrogen and oxygen atoms in total. The molecule has 0 fully saturated rings. The zero-order valence-electron chi connectivity index (χ0n) is 8.91. The molecule has 82 valence electrons. The van der Waals surface area contributed by atoms with Gasteiger partial charge in [-0.1, -0.05) is 48.2 Å². The van der Waals surface area contributed by atoms with Crippen molar-refractivity contribution in [3.63, 3.8) is 0 Å². The summed E-state index contributed by atoms with van der Waals surface area (Å²) in [5.74, 6) is 0. The molecule has 0 N–H and O–H groups in total. The Labute approximate surface area is 100 Å². The highest BCUT2D eigenvalue weighted by molar-refractivity contribution is 8.19. The number of nitrogens with zero attached hydrogens (tertiary/aromatic N) is 1. The van der Waals surface area contributed by atoms with E-state index in [9.17, 15) is 0 Å². The van der Waals surface area contributed by atoms with Crippen molar-refractivity contribution >= 4 is 28.8 Å². The van der Waals surface area contributed by atoms with Gasteiger partial charge >= 0.3 is 0 Å². The highest BCUT2D eigenvalue weighted by atomic mass is 32.4. The van der Waals surface area contributed by atoms with Gasteiger partial charge in [0.15, 0.2) is 0 Å². The van der Waals surface area contributed by atoms with Gasteiger partial charge in [-0.05, 0) is 12.1 Å². The molecular formula is C12H12NOPS. The van der Waals surface area contributed by atoms with Gasteiger partial charge in [-0.25, -0.2) is 0 Å². The molecule has 2 rings (SSSR count).